The first-order chi connectivity index (χ1) is 9.75. The fraction of sp³-hybridized carbons (Fsp3) is 0.429. The Labute approximate surface area is 119 Å². The molecule has 0 spiro atoms. The molecule has 114 valence electrons. The molecule has 21 heavy (non-hydrogen) atoms. The number of carbonyl (C=O) groups excluding carboxylic acids is 2. The Morgan fingerprint density at radius 2 is 1.81 bits per heavy atom. The summed E-state index contributed by atoms with van der Waals surface area (Å²) in [6, 6.07) is 6.34. The number of ketones is 1. The normalized spacial score (nSPS) is 16.4. The zero-order valence-electron chi connectivity index (χ0n) is 11.4. The Hall–Kier alpha value is -1.89. The predicted molar refractivity (Wildman–Crippen MR) is 71.1 cm³/mol. The second-order valence-corrected chi connectivity index (χ2v) is 5.11. The van der Waals surface area contributed by atoms with Crippen LogP contribution in [0.3, 0.4) is 0 Å². The summed E-state index contributed by atoms with van der Waals surface area (Å²) in [5.74, 6) is -1.78. The van der Waals surface area contributed by atoms with Gasteiger partial charge in [-0.05, 0) is 31.2 Å². The van der Waals surface area contributed by atoms with E-state index in [1.165, 1.54) is 11.8 Å². The van der Waals surface area contributed by atoms with Gasteiger partial charge in [0.05, 0.1) is 12.5 Å². The van der Waals surface area contributed by atoms with Crippen molar-refractivity contribution in [2.24, 2.45) is 5.92 Å². The number of alkyl halides is 3. The minimum absolute atomic E-state index is 0.0684. The van der Waals surface area contributed by atoms with Gasteiger partial charge in [0.2, 0.25) is 5.91 Å². The number of hydrogen-bond donors (Lipinski definition) is 1. The van der Waals surface area contributed by atoms with Crippen LogP contribution >= 0.6 is 0 Å². The minimum atomic E-state index is -4.19. The van der Waals surface area contributed by atoms with Gasteiger partial charge in [0.25, 0.3) is 0 Å². The second-order valence-electron chi connectivity index (χ2n) is 5.11. The molecule has 1 aromatic rings. The quantitative estimate of drug-likeness (QED) is 0.868. The predicted octanol–water partition coefficient (Wildman–Crippen LogP) is 2.32. The van der Waals surface area contributed by atoms with Crippen LogP contribution in [0.4, 0.5) is 18.9 Å². The Bertz CT molecular complexity index is 534. The van der Waals surface area contributed by atoms with E-state index in [9.17, 15) is 22.8 Å². The van der Waals surface area contributed by atoms with Crippen LogP contribution < -0.4 is 5.32 Å². The third-order valence-electron chi connectivity index (χ3n) is 3.36. The van der Waals surface area contributed by atoms with Crippen molar-refractivity contribution in [3.63, 3.8) is 0 Å². The maximum absolute atomic E-state index is 12.3. The molecule has 1 aromatic carbocycles. The Morgan fingerprint density at radius 3 is 2.29 bits per heavy atom. The molecular formula is C14H15F3N2O2. The van der Waals surface area contributed by atoms with Gasteiger partial charge in [-0.2, -0.15) is 13.2 Å². The third kappa shape index (κ3) is 4.04. The van der Waals surface area contributed by atoms with E-state index >= 15 is 0 Å². The lowest BCUT2D eigenvalue weighted by molar-refractivity contribution is -0.208. The SMILES string of the molecule is CC(=O)c1ccc(NC(=O)CN2CC(C(F)(F)F)C2)cc1. The molecule has 1 heterocycles. The summed E-state index contributed by atoms with van der Waals surface area (Å²) in [6.07, 6.45) is -4.19. The lowest BCUT2D eigenvalue weighted by Crippen LogP contribution is -2.55. The first-order valence-corrected chi connectivity index (χ1v) is 6.45. The van der Waals surface area contributed by atoms with Crippen LogP contribution in [0.2, 0.25) is 0 Å². The number of carbonyl (C=O) groups is 2. The van der Waals surface area contributed by atoms with E-state index in [2.05, 4.69) is 5.32 Å². The van der Waals surface area contributed by atoms with Crippen LogP contribution in [0, 0.1) is 5.92 Å². The monoisotopic (exact) mass is 300 g/mol. The van der Waals surface area contributed by atoms with Crippen LogP contribution in [0.5, 0.6) is 0 Å². The highest BCUT2D eigenvalue weighted by atomic mass is 19.4. The molecule has 1 aliphatic heterocycles. The fourth-order valence-corrected chi connectivity index (χ4v) is 2.10. The van der Waals surface area contributed by atoms with Crippen molar-refractivity contribution in [3.05, 3.63) is 29.8 Å². The minimum Gasteiger partial charge on any atom is -0.325 e. The van der Waals surface area contributed by atoms with Gasteiger partial charge in [-0.15, -0.1) is 0 Å². The number of Topliss-reactive ketones (excluding diaryl/α,β-unsaturated/α-hetero) is 1. The van der Waals surface area contributed by atoms with Gasteiger partial charge in [-0.3, -0.25) is 14.5 Å². The summed E-state index contributed by atoms with van der Waals surface area (Å²) in [7, 11) is 0. The lowest BCUT2D eigenvalue weighted by atomic mass is 10.00. The maximum atomic E-state index is 12.3. The number of nitrogens with zero attached hydrogens (tertiary/aromatic N) is 1. The molecule has 2 rings (SSSR count). The number of anilines is 1. The van der Waals surface area contributed by atoms with E-state index in [0.717, 1.165) is 0 Å². The molecule has 0 bridgehead atoms. The Balaban J connectivity index is 1.79. The summed E-state index contributed by atoms with van der Waals surface area (Å²) in [4.78, 5) is 24.2. The number of nitrogens with one attached hydrogen (secondary N) is 1. The zero-order valence-corrected chi connectivity index (χ0v) is 11.4. The van der Waals surface area contributed by atoms with Gasteiger partial charge < -0.3 is 5.32 Å². The summed E-state index contributed by atoms with van der Waals surface area (Å²) in [6.45, 7) is 1.09. The van der Waals surface area contributed by atoms with Gasteiger partial charge >= 0.3 is 6.18 Å². The van der Waals surface area contributed by atoms with E-state index in [-0.39, 0.29) is 31.3 Å². The summed E-state index contributed by atoms with van der Waals surface area (Å²) >= 11 is 0. The molecule has 0 unspecified atom stereocenters. The molecule has 1 aliphatic rings. The molecule has 1 amide bonds. The summed E-state index contributed by atoms with van der Waals surface area (Å²) in [5, 5.41) is 2.59. The maximum Gasteiger partial charge on any atom is 0.394 e. The molecule has 1 N–H and O–H groups in total. The average Bonchev–Trinajstić information content (AvgIpc) is 2.32. The van der Waals surface area contributed by atoms with Crippen molar-refractivity contribution in [2.75, 3.05) is 25.0 Å². The molecule has 0 saturated carbocycles. The smallest absolute Gasteiger partial charge is 0.325 e. The van der Waals surface area contributed by atoms with Crippen molar-refractivity contribution in [2.45, 2.75) is 13.1 Å². The number of hydrogen-bond acceptors (Lipinski definition) is 3. The van der Waals surface area contributed by atoms with E-state index < -0.39 is 12.1 Å². The molecule has 0 atom stereocenters. The molecule has 1 saturated heterocycles. The van der Waals surface area contributed by atoms with E-state index in [1.54, 1.807) is 24.3 Å². The van der Waals surface area contributed by atoms with E-state index in [4.69, 9.17) is 0 Å². The highest BCUT2D eigenvalue weighted by molar-refractivity contribution is 5.96. The lowest BCUT2D eigenvalue weighted by Gasteiger charge is -2.39. The first-order valence-electron chi connectivity index (χ1n) is 6.45. The highest BCUT2D eigenvalue weighted by Crippen LogP contribution is 2.33. The van der Waals surface area contributed by atoms with Gasteiger partial charge in [0, 0.05) is 24.3 Å². The fourth-order valence-electron chi connectivity index (χ4n) is 2.10. The van der Waals surface area contributed by atoms with Crippen LogP contribution in [0.25, 0.3) is 0 Å². The number of halogens is 3. The molecule has 7 heteroatoms. The van der Waals surface area contributed by atoms with E-state index in [1.807, 2.05) is 0 Å². The Morgan fingerprint density at radius 1 is 1.24 bits per heavy atom. The standard InChI is InChI=1S/C14H15F3N2O2/c1-9(20)10-2-4-12(5-3-10)18-13(21)8-19-6-11(7-19)14(15,16)17/h2-5,11H,6-8H2,1H3,(H,18,21). The molecule has 4 nitrogen and oxygen atoms in total. The third-order valence-corrected chi connectivity index (χ3v) is 3.36. The second kappa shape index (κ2) is 5.85. The molecule has 0 aliphatic carbocycles. The summed E-state index contributed by atoms with van der Waals surface area (Å²) < 4.78 is 36.9. The molecule has 1 fully saturated rings. The van der Waals surface area contributed by atoms with Crippen molar-refractivity contribution in [1.82, 2.24) is 4.90 Å². The first kappa shape index (κ1) is 15.5. The van der Waals surface area contributed by atoms with Crippen molar-refractivity contribution < 1.29 is 22.8 Å². The van der Waals surface area contributed by atoms with Crippen LogP contribution in [-0.2, 0) is 4.79 Å². The van der Waals surface area contributed by atoms with Gasteiger partial charge in [-0.1, -0.05) is 0 Å². The molecular weight excluding hydrogens is 285 g/mol. The van der Waals surface area contributed by atoms with Crippen LogP contribution in [0.1, 0.15) is 17.3 Å². The van der Waals surface area contributed by atoms with Crippen molar-refractivity contribution in [3.8, 4) is 0 Å². The van der Waals surface area contributed by atoms with Crippen molar-refractivity contribution in [1.29, 1.82) is 0 Å². The largest absolute Gasteiger partial charge is 0.394 e. The van der Waals surface area contributed by atoms with Gasteiger partial charge in [-0.25, -0.2) is 0 Å². The topological polar surface area (TPSA) is 49.4 Å². The number of amides is 1. The number of benzene rings is 1. The molecule has 0 radical (unpaired) electrons. The van der Waals surface area contributed by atoms with Crippen LogP contribution in [-0.4, -0.2) is 42.4 Å². The Kier molecular flexibility index (Phi) is 4.32. The number of likely N-dealkylation sites (tertiary alicyclic amines) is 1. The summed E-state index contributed by atoms with van der Waals surface area (Å²) in [5.41, 5.74) is 1.04. The van der Waals surface area contributed by atoms with Gasteiger partial charge in [0.15, 0.2) is 5.78 Å². The average molecular weight is 300 g/mol. The number of rotatable bonds is 4. The van der Waals surface area contributed by atoms with Gasteiger partial charge in [0.1, 0.15) is 0 Å². The van der Waals surface area contributed by atoms with Crippen molar-refractivity contribution >= 4 is 17.4 Å². The molecule has 0 aromatic heterocycles. The van der Waals surface area contributed by atoms with E-state index in [0.29, 0.717) is 11.3 Å². The zero-order chi connectivity index (χ0) is 15.6. The highest BCUT2D eigenvalue weighted by Gasteiger charge is 2.47. The van der Waals surface area contributed by atoms with Crippen LogP contribution in [0.15, 0.2) is 24.3 Å².